The molecule has 162 valence electrons. The molecule has 0 aromatic carbocycles. The van der Waals surface area contributed by atoms with Gasteiger partial charge in [0.25, 0.3) is 0 Å². The monoisotopic (exact) mass is 412 g/mol. The van der Waals surface area contributed by atoms with Crippen LogP contribution in [0.1, 0.15) is 53.3 Å². The van der Waals surface area contributed by atoms with Gasteiger partial charge in [0.15, 0.2) is 11.1 Å². The molecule has 8 heteroatoms. The van der Waals surface area contributed by atoms with Gasteiger partial charge in [0.2, 0.25) is 0 Å². The fourth-order valence-corrected chi connectivity index (χ4v) is 3.20. The van der Waals surface area contributed by atoms with Gasteiger partial charge in [0, 0.05) is 45.8 Å². The maximum Gasteiger partial charge on any atom is 0.191 e. The normalized spacial score (nSPS) is 12.2. The minimum absolute atomic E-state index is 0.577. The molecule has 28 heavy (non-hydrogen) atoms. The van der Waals surface area contributed by atoms with Crippen LogP contribution in [-0.2, 0) is 17.7 Å². The molecule has 0 bridgehead atoms. The van der Waals surface area contributed by atoms with E-state index < -0.39 is 0 Å². The Morgan fingerprint density at radius 1 is 1.14 bits per heavy atom. The molecule has 1 rings (SSSR count). The van der Waals surface area contributed by atoms with Crippen molar-refractivity contribution in [3.8, 4) is 0 Å². The first-order valence-electron chi connectivity index (χ1n) is 10.5. The molecule has 0 atom stereocenters. The summed E-state index contributed by atoms with van der Waals surface area (Å²) < 4.78 is 7.87. The fourth-order valence-electron chi connectivity index (χ4n) is 2.67. The quantitative estimate of drug-likeness (QED) is 0.211. The van der Waals surface area contributed by atoms with Gasteiger partial charge in [-0.25, -0.2) is 0 Å². The third-order valence-electron chi connectivity index (χ3n) is 3.91. The van der Waals surface area contributed by atoms with Crippen LogP contribution in [0.4, 0.5) is 0 Å². The van der Waals surface area contributed by atoms with Gasteiger partial charge in [-0.1, -0.05) is 39.5 Å². The molecule has 0 aliphatic rings. The number of rotatable bonds is 14. The molecule has 0 saturated heterocycles. The Bertz CT molecular complexity index is 559. The van der Waals surface area contributed by atoms with E-state index >= 15 is 0 Å². The SMILES string of the molecule is CCNC(=NCCCc1nnc(SC)n1CC(C)C)NCCCOCC(C)C. The number of ether oxygens (including phenoxy) is 1. The molecule has 0 fully saturated rings. The highest BCUT2D eigenvalue weighted by Gasteiger charge is 2.12. The molecule has 0 amide bonds. The van der Waals surface area contributed by atoms with E-state index in [4.69, 9.17) is 4.74 Å². The number of thioether (sulfide) groups is 1. The van der Waals surface area contributed by atoms with Crippen molar-refractivity contribution in [2.24, 2.45) is 16.8 Å². The van der Waals surface area contributed by atoms with Crippen molar-refractivity contribution in [1.29, 1.82) is 0 Å². The topological polar surface area (TPSA) is 76.4 Å². The van der Waals surface area contributed by atoms with Crippen LogP contribution in [0.3, 0.4) is 0 Å². The van der Waals surface area contributed by atoms with Gasteiger partial charge in [-0.3, -0.25) is 4.99 Å². The van der Waals surface area contributed by atoms with Gasteiger partial charge >= 0.3 is 0 Å². The summed E-state index contributed by atoms with van der Waals surface area (Å²) >= 11 is 1.66. The predicted molar refractivity (Wildman–Crippen MR) is 119 cm³/mol. The van der Waals surface area contributed by atoms with Crippen LogP contribution in [-0.4, -0.2) is 59.8 Å². The fraction of sp³-hybridized carbons (Fsp3) is 0.850. The molecule has 7 nitrogen and oxygen atoms in total. The summed E-state index contributed by atoms with van der Waals surface area (Å²) in [6.45, 7) is 15.9. The third-order valence-corrected chi connectivity index (χ3v) is 4.57. The Kier molecular flexibility index (Phi) is 13.0. The Labute approximate surface area is 175 Å². The van der Waals surface area contributed by atoms with Crippen molar-refractivity contribution in [1.82, 2.24) is 25.4 Å². The van der Waals surface area contributed by atoms with Crippen LogP contribution >= 0.6 is 11.8 Å². The van der Waals surface area contributed by atoms with Crippen LogP contribution < -0.4 is 10.6 Å². The van der Waals surface area contributed by atoms with E-state index in [0.717, 1.165) is 75.6 Å². The zero-order valence-electron chi connectivity index (χ0n) is 18.6. The van der Waals surface area contributed by atoms with E-state index in [1.165, 1.54) is 0 Å². The number of aliphatic imine (C=N–C) groups is 1. The van der Waals surface area contributed by atoms with Gasteiger partial charge in [0.05, 0.1) is 0 Å². The number of hydrogen-bond acceptors (Lipinski definition) is 5. The Morgan fingerprint density at radius 2 is 1.93 bits per heavy atom. The van der Waals surface area contributed by atoms with E-state index in [-0.39, 0.29) is 0 Å². The molecular weight excluding hydrogens is 372 g/mol. The molecule has 0 aliphatic carbocycles. The smallest absolute Gasteiger partial charge is 0.191 e. The van der Waals surface area contributed by atoms with E-state index in [2.05, 4.69) is 71.3 Å². The van der Waals surface area contributed by atoms with Crippen LogP contribution in [0.15, 0.2) is 10.1 Å². The number of aryl methyl sites for hydroxylation is 1. The summed E-state index contributed by atoms with van der Waals surface area (Å²) in [5.74, 6) is 3.10. The first-order valence-corrected chi connectivity index (χ1v) is 11.8. The minimum Gasteiger partial charge on any atom is -0.381 e. The Hall–Kier alpha value is -1.28. The average Bonchev–Trinajstić information content (AvgIpc) is 3.02. The summed E-state index contributed by atoms with van der Waals surface area (Å²) in [5.41, 5.74) is 0. The molecule has 0 unspecified atom stereocenters. The molecule has 2 N–H and O–H groups in total. The number of aromatic nitrogens is 3. The maximum atomic E-state index is 5.62. The zero-order chi connectivity index (χ0) is 20.8. The standard InChI is InChI=1S/C20H40N6OS/c1-7-21-19(23-12-9-13-27-15-17(4)5)22-11-8-10-18-24-25-20(28-6)26(18)14-16(2)3/h16-17H,7-15H2,1-6H3,(H2,21,22,23). The lowest BCUT2D eigenvalue weighted by Gasteiger charge is -2.12. The van der Waals surface area contributed by atoms with Crippen LogP contribution in [0.2, 0.25) is 0 Å². The van der Waals surface area contributed by atoms with Crippen LogP contribution in [0.25, 0.3) is 0 Å². The highest BCUT2D eigenvalue weighted by atomic mass is 32.2. The van der Waals surface area contributed by atoms with Gasteiger partial charge in [-0.2, -0.15) is 0 Å². The van der Waals surface area contributed by atoms with Crippen molar-refractivity contribution in [3.05, 3.63) is 5.82 Å². The minimum atomic E-state index is 0.577. The highest BCUT2D eigenvalue weighted by molar-refractivity contribution is 7.98. The summed E-state index contributed by atoms with van der Waals surface area (Å²) in [7, 11) is 0. The summed E-state index contributed by atoms with van der Waals surface area (Å²) in [4.78, 5) is 4.68. The lowest BCUT2D eigenvalue weighted by Crippen LogP contribution is -2.38. The third kappa shape index (κ3) is 10.3. The molecule has 1 heterocycles. The summed E-state index contributed by atoms with van der Waals surface area (Å²) in [5, 5.41) is 16.4. The molecule has 0 saturated carbocycles. The van der Waals surface area contributed by atoms with Gasteiger partial charge in [-0.05, 0) is 37.9 Å². The molecule has 0 radical (unpaired) electrons. The van der Waals surface area contributed by atoms with E-state index in [1.54, 1.807) is 11.8 Å². The summed E-state index contributed by atoms with van der Waals surface area (Å²) in [6, 6.07) is 0. The zero-order valence-corrected chi connectivity index (χ0v) is 19.4. The van der Waals surface area contributed by atoms with Crippen molar-refractivity contribution in [3.63, 3.8) is 0 Å². The van der Waals surface area contributed by atoms with E-state index in [9.17, 15) is 0 Å². The molecule has 0 spiro atoms. The van der Waals surface area contributed by atoms with Crippen LogP contribution in [0.5, 0.6) is 0 Å². The number of guanidine groups is 1. The number of nitrogens with zero attached hydrogens (tertiary/aromatic N) is 4. The molecule has 1 aromatic heterocycles. The lowest BCUT2D eigenvalue weighted by atomic mass is 10.2. The summed E-state index contributed by atoms with van der Waals surface area (Å²) in [6.07, 6.45) is 4.88. The Morgan fingerprint density at radius 3 is 2.57 bits per heavy atom. The second-order valence-electron chi connectivity index (χ2n) is 7.72. The number of nitrogens with one attached hydrogen (secondary N) is 2. The molecule has 0 aliphatic heterocycles. The lowest BCUT2D eigenvalue weighted by molar-refractivity contribution is 0.108. The Balaban J connectivity index is 2.40. The van der Waals surface area contributed by atoms with Crippen molar-refractivity contribution in [2.75, 3.05) is 39.1 Å². The first kappa shape index (κ1) is 24.8. The van der Waals surface area contributed by atoms with Crippen LogP contribution in [0, 0.1) is 11.8 Å². The highest BCUT2D eigenvalue weighted by Crippen LogP contribution is 2.16. The second kappa shape index (κ2) is 14.7. The van der Waals surface area contributed by atoms with Gasteiger partial charge < -0.3 is 19.9 Å². The van der Waals surface area contributed by atoms with E-state index in [0.29, 0.717) is 11.8 Å². The molecular formula is C20H40N6OS. The maximum absolute atomic E-state index is 5.62. The van der Waals surface area contributed by atoms with Gasteiger partial charge in [-0.15, -0.1) is 10.2 Å². The van der Waals surface area contributed by atoms with Crippen molar-refractivity contribution >= 4 is 17.7 Å². The largest absolute Gasteiger partial charge is 0.381 e. The van der Waals surface area contributed by atoms with Crippen molar-refractivity contribution in [2.45, 2.75) is 65.6 Å². The average molecular weight is 413 g/mol. The van der Waals surface area contributed by atoms with Gasteiger partial charge in [0.1, 0.15) is 5.82 Å². The second-order valence-corrected chi connectivity index (χ2v) is 8.49. The first-order chi connectivity index (χ1) is 13.5. The number of hydrogen-bond donors (Lipinski definition) is 2. The molecule has 1 aromatic rings. The van der Waals surface area contributed by atoms with Crippen molar-refractivity contribution < 1.29 is 4.74 Å². The van der Waals surface area contributed by atoms with E-state index in [1.807, 2.05) is 0 Å². The predicted octanol–water partition coefficient (Wildman–Crippen LogP) is 3.21.